The van der Waals surface area contributed by atoms with Gasteiger partial charge in [-0.1, -0.05) is 24.6 Å². The van der Waals surface area contributed by atoms with Crippen LogP contribution in [0.2, 0.25) is 5.02 Å². The van der Waals surface area contributed by atoms with Crippen LogP contribution in [0.1, 0.15) is 28.8 Å². The maximum atomic E-state index is 12.5. The third-order valence-corrected chi connectivity index (χ3v) is 3.97. The second kappa shape index (κ2) is 6.49. The number of halogens is 1. The molecule has 0 saturated heterocycles. The summed E-state index contributed by atoms with van der Waals surface area (Å²) in [4.78, 5) is 12.5. The zero-order chi connectivity index (χ0) is 17.3. The van der Waals surface area contributed by atoms with Gasteiger partial charge in [0.05, 0.1) is 29.0 Å². The maximum Gasteiger partial charge on any atom is 0.274 e. The normalized spacial score (nSPS) is 10.8. The van der Waals surface area contributed by atoms with Gasteiger partial charge in [-0.3, -0.25) is 9.48 Å². The molecule has 2 heterocycles. The van der Waals surface area contributed by atoms with Gasteiger partial charge in [-0.2, -0.15) is 10.2 Å². The van der Waals surface area contributed by atoms with Gasteiger partial charge in [-0.25, -0.2) is 4.68 Å². The van der Waals surface area contributed by atoms with Crippen molar-refractivity contribution in [2.45, 2.75) is 20.3 Å². The van der Waals surface area contributed by atoms with Crippen LogP contribution in [-0.2, 0) is 13.5 Å². The monoisotopic (exact) mass is 343 g/mol. The van der Waals surface area contributed by atoms with Crippen molar-refractivity contribution in [1.29, 1.82) is 0 Å². The molecule has 0 spiro atoms. The molecule has 1 amide bonds. The van der Waals surface area contributed by atoms with E-state index >= 15 is 0 Å². The number of aryl methyl sites for hydroxylation is 2. The first-order valence-electron chi connectivity index (χ1n) is 7.64. The predicted octanol–water partition coefficient (Wildman–Crippen LogP) is 3.38. The SMILES string of the molecule is CCc1c(NC(=O)c2cc(C)nn2C)cnn1-c1cccc(Cl)c1. The average Bonchev–Trinajstić information content (AvgIpc) is 3.09. The third kappa shape index (κ3) is 3.05. The summed E-state index contributed by atoms with van der Waals surface area (Å²) in [6.45, 7) is 3.87. The van der Waals surface area contributed by atoms with Gasteiger partial charge >= 0.3 is 0 Å². The number of anilines is 1. The topological polar surface area (TPSA) is 64.7 Å². The first-order chi connectivity index (χ1) is 11.5. The molecular formula is C17H18ClN5O. The number of aromatic nitrogens is 4. The molecule has 0 atom stereocenters. The number of nitrogens with zero attached hydrogens (tertiary/aromatic N) is 4. The van der Waals surface area contributed by atoms with Gasteiger partial charge in [0.25, 0.3) is 5.91 Å². The Morgan fingerprint density at radius 1 is 1.33 bits per heavy atom. The Bertz CT molecular complexity index is 896. The molecule has 0 unspecified atom stereocenters. The summed E-state index contributed by atoms with van der Waals surface area (Å²) in [7, 11) is 1.75. The predicted molar refractivity (Wildman–Crippen MR) is 93.9 cm³/mol. The summed E-state index contributed by atoms with van der Waals surface area (Å²) in [5, 5.41) is 12.2. The minimum absolute atomic E-state index is 0.210. The molecule has 1 N–H and O–H groups in total. The van der Waals surface area contributed by atoms with Gasteiger partial charge in [0.1, 0.15) is 5.69 Å². The quantitative estimate of drug-likeness (QED) is 0.789. The van der Waals surface area contributed by atoms with Crippen molar-refractivity contribution < 1.29 is 4.79 Å². The molecule has 2 aromatic heterocycles. The van der Waals surface area contributed by atoms with E-state index in [9.17, 15) is 4.79 Å². The van der Waals surface area contributed by atoms with Gasteiger partial charge in [0.15, 0.2) is 0 Å². The van der Waals surface area contributed by atoms with Crippen LogP contribution in [0, 0.1) is 6.92 Å². The second-order valence-corrected chi connectivity index (χ2v) is 5.94. The van der Waals surface area contributed by atoms with Crippen molar-refractivity contribution in [2.24, 2.45) is 7.05 Å². The standard InChI is InChI=1S/C17H18ClN5O/c1-4-15-14(20-17(24)16-8-11(2)21-22(16)3)10-19-23(15)13-7-5-6-12(18)9-13/h5-10H,4H2,1-3H3,(H,20,24). The van der Waals surface area contributed by atoms with Gasteiger partial charge < -0.3 is 5.32 Å². The first kappa shape index (κ1) is 16.3. The highest BCUT2D eigenvalue weighted by Gasteiger charge is 2.17. The number of carbonyl (C=O) groups excluding carboxylic acids is 1. The summed E-state index contributed by atoms with van der Waals surface area (Å²) >= 11 is 6.06. The Morgan fingerprint density at radius 2 is 2.12 bits per heavy atom. The average molecular weight is 344 g/mol. The molecular weight excluding hydrogens is 326 g/mol. The Balaban J connectivity index is 1.92. The number of amides is 1. The lowest BCUT2D eigenvalue weighted by Gasteiger charge is -2.09. The van der Waals surface area contributed by atoms with Crippen LogP contribution in [0.15, 0.2) is 36.5 Å². The highest BCUT2D eigenvalue weighted by molar-refractivity contribution is 6.30. The summed E-state index contributed by atoms with van der Waals surface area (Å²) in [6.07, 6.45) is 2.37. The van der Waals surface area contributed by atoms with Crippen LogP contribution in [-0.4, -0.2) is 25.5 Å². The highest BCUT2D eigenvalue weighted by Crippen LogP contribution is 2.22. The van der Waals surface area contributed by atoms with E-state index in [4.69, 9.17) is 11.6 Å². The number of carbonyl (C=O) groups is 1. The van der Waals surface area contributed by atoms with Crippen LogP contribution >= 0.6 is 11.6 Å². The second-order valence-electron chi connectivity index (χ2n) is 5.50. The smallest absolute Gasteiger partial charge is 0.274 e. The Hall–Kier alpha value is -2.60. The van der Waals surface area contributed by atoms with Gasteiger partial charge in [0.2, 0.25) is 0 Å². The van der Waals surface area contributed by atoms with Crippen molar-refractivity contribution in [3.8, 4) is 5.69 Å². The molecule has 0 radical (unpaired) electrons. The minimum atomic E-state index is -0.210. The van der Waals surface area contributed by atoms with Crippen molar-refractivity contribution in [2.75, 3.05) is 5.32 Å². The summed E-state index contributed by atoms with van der Waals surface area (Å²) in [6, 6.07) is 9.20. The van der Waals surface area contributed by atoms with Crippen LogP contribution < -0.4 is 5.32 Å². The fourth-order valence-corrected chi connectivity index (χ4v) is 2.84. The molecule has 1 aromatic carbocycles. The largest absolute Gasteiger partial charge is 0.318 e. The molecule has 0 bridgehead atoms. The van der Waals surface area contributed by atoms with E-state index in [1.54, 1.807) is 28.7 Å². The van der Waals surface area contributed by atoms with E-state index < -0.39 is 0 Å². The van der Waals surface area contributed by atoms with Gasteiger partial charge in [0, 0.05) is 12.1 Å². The van der Waals surface area contributed by atoms with E-state index in [0.717, 1.165) is 17.1 Å². The number of rotatable bonds is 4. The summed E-state index contributed by atoms with van der Waals surface area (Å²) in [5.74, 6) is -0.210. The molecule has 3 rings (SSSR count). The molecule has 0 saturated carbocycles. The molecule has 0 aliphatic rings. The fourth-order valence-electron chi connectivity index (χ4n) is 2.66. The number of nitrogens with one attached hydrogen (secondary N) is 1. The van der Waals surface area contributed by atoms with Crippen LogP contribution in [0.3, 0.4) is 0 Å². The lowest BCUT2D eigenvalue weighted by Crippen LogP contribution is -2.17. The molecule has 6 nitrogen and oxygen atoms in total. The fraction of sp³-hybridized carbons (Fsp3) is 0.235. The lowest BCUT2D eigenvalue weighted by atomic mass is 10.2. The number of hydrogen-bond donors (Lipinski definition) is 1. The van der Waals surface area contributed by atoms with E-state index in [0.29, 0.717) is 22.8 Å². The van der Waals surface area contributed by atoms with Crippen molar-refractivity contribution in [1.82, 2.24) is 19.6 Å². The summed E-state index contributed by atoms with van der Waals surface area (Å²) in [5.41, 5.74) is 3.75. The van der Waals surface area contributed by atoms with Crippen LogP contribution in [0.25, 0.3) is 5.69 Å². The highest BCUT2D eigenvalue weighted by atomic mass is 35.5. The van der Waals surface area contributed by atoms with Crippen LogP contribution in [0.5, 0.6) is 0 Å². The molecule has 0 aliphatic heterocycles. The Kier molecular flexibility index (Phi) is 4.40. The third-order valence-electron chi connectivity index (χ3n) is 3.74. The zero-order valence-electron chi connectivity index (χ0n) is 13.7. The number of benzene rings is 1. The van der Waals surface area contributed by atoms with Crippen LogP contribution in [0.4, 0.5) is 5.69 Å². The van der Waals surface area contributed by atoms with E-state index in [2.05, 4.69) is 15.5 Å². The van der Waals surface area contributed by atoms with E-state index in [1.165, 1.54) is 0 Å². The molecule has 0 fully saturated rings. The maximum absolute atomic E-state index is 12.5. The Morgan fingerprint density at radius 3 is 2.75 bits per heavy atom. The van der Waals surface area contributed by atoms with E-state index in [1.807, 2.05) is 38.1 Å². The first-order valence-corrected chi connectivity index (χ1v) is 8.02. The minimum Gasteiger partial charge on any atom is -0.318 e. The summed E-state index contributed by atoms with van der Waals surface area (Å²) < 4.78 is 3.35. The molecule has 124 valence electrons. The molecule has 0 aliphatic carbocycles. The number of hydrogen-bond acceptors (Lipinski definition) is 3. The zero-order valence-corrected chi connectivity index (χ0v) is 14.5. The molecule has 24 heavy (non-hydrogen) atoms. The molecule has 7 heteroatoms. The molecule has 3 aromatic rings. The van der Waals surface area contributed by atoms with Crippen molar-refractivity contribution in [3.63, 3.8) is 0 Å². The van der Waals surface area contributed by atoms with Crippen molar-refractivity contribution >= 4 is 23.2 Å². The lowest BCUT2D eigenvalue weighted by molar-refractivity contribution is 0.101. The Labute approximate surface area is 145 Å². The van der Waals surface area contributed by atoms with E-state index in [-0.39, 0.29) is 5.91 Å². The van der Waals surface area contributed by atoms with Crippen molar-refractivity contribution in [3.05, 3.63) is 58.6 Å². The van der Waals surface area contributed by atoms with Gasteiger partial charge in [-0.15, -0.1) is 0 Å². The van der Waals surface area contributed by atoms with Gasteiger partial charge in [-0.05, 0) is 37.6 Å².